The summed E-state index contributed by atoms with van der Waals surface area (Å²) in [6.45, 7) is 7.33. The molecule has 0 aliphatic heterocycles. The van der Waals surface area contributed by atoms with E-state index in [-0.39, 0.29) is 5.56 Å². The minimum absolute atomic E-state index is 0.121. The number of hydrogen-bond acceptors (Lipinski definition) is 2. The van der Waals surface area contributed by atoms with Crippen LogP contribution in [0.25, 0.3) is 0 Å². The van der Waals surface area contributed by atoms with E-state index in [1.807, 2.05) is 13.8 Å². The molecule has 1 aromatic carbocycles. The minimum atomic E-state index is -4.70. The van der Waals surface area contributed by atoms with Crippen LogP contribution >= 0.6 is 0 Å². The summed E-state index contributed by atoms with van der Waals surface area (Å²) >= 11 is 0. The van der Waals surface area contributed by atoms with Crippen molar-refractivity contribution >= 4 is 0 Å². The molecule has 20 heavy (non-hydrogen) atoms. The Labute approximate surface area is 117 Å². The number of aryl methyl sites for hydroxylation is 1. The number of hydrogen-bond donors (Lipinski definition) is 1. The molecule has 0 amide bonds. The third-order valence-electron chi connectivity index (χ3n) is 3.21. The highest BCUT2D eigenvalue weighted by molar-refractivity contribution is 5.39. The molecule has 1 unspecified atom stereocenters. The van der Waals surface area contributed by atoms with E-state index in [1.54, 1.807) is 6.92 Å². The van der Waals surface area contributed by atoms with E-state index in [4.69, 9.17) is 4.74 Å². The molecule has 1 N–H and O–H groups in total. The topological polar surface area (TPSA) is 29.5 Å². The lowest BCUT2D eigenvalue weighted by atomic mass is 9.87. The molecular weight excluding hydrogens is 269 g/mol. The first-order valence-corrected chi connectivity index (χ1v) is 6.64. The first kappa shape index (κ1) is 16.8. The first-order chi connectivity index (χ1) is 9.11. The Morgan fingerprint density at radius 1 is 1.25 bits per heavy atom. The Bertz CT molecular complexity index is 455. The molecule has 1 atom stereocenters. The molecule has 0 aliphatic rings. The Hall–Kier alpha value is -1.23. The minimum Gasteiger partial charge on any atom is -0.493 e. The monoisotopic (exact) mass is 290 g/mol. The first-order valence-electron chi connectivity index (χ1n) is 6.64. The summed E-state index contributed by atoms with van der Waals surface area (Å²) in [5, 5.41) is 9.95. The maximum absolute atomic E-state index is 13.0. The van der Waals surface area contributed by atoms with Gasteiger partial charge in [-0.05, 0) is 42.5 Å². The SMILES string of the molecule is CCC(O)(c1ccc(OCC(C)C)cc1C)C(F)(F)F. The van der Waals surface area contributed by atoms with Crippen LogP contribution in [0.5, 0.6) is 5.75 Å². The van der Waals surface area contributed by atoms with E-state index >= 15 is 0 Å². The van der Waals surface area contributed by atoms with Crippen molar-refractivity contribution in [2.24, 2.45) is 5.92 Å². The van der Waals surface area contributed by atoms with Gasteiger partial charge in [0, 0.05) is 0 Å². The molecule has 0 saturated heterocycles. The van der Waals surface area contributed by atoms with Crippen molar-refractivity contribution in [2.45, 2.75) is 45.9 Å². The molecule has 114 valence electrons. The number of alkyl halides is 3. The molecule has 1 rings (SSSR count). The molecule has 0 heterocycles. The van der Waals surface area contributed by atoms with Gasteiger partial charge in [-0.2, -0.15) is 13.2 Å². The van der Waals surface area contributed by atoms with Crippen LogP contribution in [0.3, 0.4) is 0 Å². The van der Waals surface area contributed by atoms with E-state index in [9.17, 15) is 18.3 Å². The number of benzene rings is 1. The standard InChI is InChI=1S/C15H21F3O2/c1-5-14(19,15(16,17)18)13-7-6-12(8-11(13)4)20-9-10(2)3/h6-8,10,19H,5,9H2,1-4H3. The van der Waals surface area contributed by atoms with Crippen molar-refractivity contribution in [2.75, 3.05) is 6.61 Å². The van der Waals surface area contributed by atoms with Crippen LogP contribution in [0.1, 0.15) is 38.3 Å². The average Bonchev–Trinajstić information content (AvgIpc) is 2.34. The van der Waals surface area contributed by atoms with Gasteiger partial charge in [0.05, 0.1) is 6.61 Å². The van der Waals surface area contributed by atoms with Crippen molar-refractivity contribution in [1.82, 2.24) is 0 Å². The van der Waals surface area contributed by atoms with Crippen LogP contribution in [-0.4, -0.2) is 17.9 Å². The molecule has 0 radical (unpaired) electrons. The number of halogens is 3. The normalized spacial score (nSPS) is 15.2. The van der Waals surface area contributed by atoms with E-state index in [0.29, 0.717) is 23.8 Å². The number of rotatable bonds is 5. The molecule has 1 aromatic rings. The molecule has 0 aliphatic carbocycles. The maximum Gasteiger partial charge on any atom is 0.421 e. The fourth-order valence-electron chi connectivity index (χ4n) is 2.00. The zero-order chi connectivity index (χ0) is 15.6. The average molecular weight is 290 g/mol. The summed E-state index contributed by atoms with van der Waals surface area (Å²) < 4.78 is 44.6. The zero-order valence-electron chi connectivity index (χ0n) is 12.2. The van der Waals surface area contributed by atoms with Crippen LogP contribution < -0.4 is 4.74 Å². The second kappa shape index (κ2) is 6.04. The maximum atomic E-state index is 13.0. The summed E-state index contributed by atoms with van der Waals surface area (Å²) in [4.78, 5) is 0. The summed E-state index contributed by atoms with van der Waals surface area (Å²) in [5.41, 5.74) is -2.56. The van der Waals surface area contributed by atoms with Crippen LogP contribution in [0, 0.1) is 12.8 Å². The Balaban J connectivity index is 3.09. The highest BCUT2D eigenvalue weighted by atomic mass is 19.4. The quantitative estimate of drug-likeness (QED) is 0.881. The van der Waals surface area contributed by atoms with E-state index in [2.05, 4.69) is 0 Å². The molecular formula is C15H21F3O2. The van der Waals surface area contributed by atoms with Crippen molar-refractivity contribution in [3.05, 3.63) is 29.3 Å². The molecule has 0 fully saturated rings. The summed E-state index contributed by atoms with van der Waals surface area (Å²) in [6.07, 6.45) is -5.13. The van der Waals surface area contributed by atoms with E-state index in [0.717, 1.165) is 0 Å². The Morgan fingerprint density at radius 2 is 1.85 bits per heavy atom. The predicted octanol–water partition coefficient (Wildman–Crippen LogP) is 4.19. The Kier molecular flexibility index (Phi) is 5.08. The second-order valence-electron chi connectivity index (χ2n) is 5.39. The van der Waals surface area contributed by atoms with Gasteiger partial charge in [-0.25, -0.2) is 0 Å². The van der Waals surface area contributed by atoms with Gasteiger partial charge in [0.15, 0.2) is 5.60 Å². The summed E-state index contributed by atoms with van der Waals surface area (Å²) in [6, 6.07) is 4.29. The van der Waals surface area contributed by atoms with Gasteiger partial charge in [-0.3, -0.25) is 0 Å². The predicted molar refractivity (Wildman–Crippen MR) is 71.8 cm³/mol. The van der Waals surface area contributed by atoms with E-state index < -0.39 is 18.2 Å². The van der Waals surface area contributed by atoms with Crippen LogP contribution in [-0.2, 0) is 5.60 Å². The highest BCUT2D eigenvalue weighted by Gasteiger charge is 2.54. The third kappa shape index (κ3) is 3.45. The van der Waals surface area contributed by atoms with Crippen LogP contribution in [0.2, 0.25) is 0 Å². The zero-order valence-corrected chi connectivity index (χ0v) is 12.2. The Morgan fingerprint density at radius 3 is 2.25 bits per heavy atom. The number of ether oxygens (including phenoxy) is 1. The lowest BCUT2D eigenvalue weighted by Crippen LogP contribution is -2.42. The van der Waals surface area contributed by atoms with Gasteiger partial charge in [0.2, 0.25) is 0 Å². The molecule has 0 bridgehead atoms. The fourth-order valence-corrected chi connectivity index (χ4v) is 2.00. The molecule has 0 saturated carbocycles. The van der Waals surface area contributed by atoms with Gasteiger partial charge in [-0.15, -0.1) is 0 Å². The van der Waals surface area contributed by atoms with Gasteiger partial charge < -0.3 is 9.84 Å². The van der Waals surface area contributed by atoms with Crippen LogP contribution in [0.4, 0.5) is 13.2 Å². The summed E-state index contributed by atoms with van der Waals surface area (Å²) in [5.74, 6) is 0.846. The van der Waals surface area contributed by atoms with Gasteiger partial charge in [0.25, 0.3) is 0 Å². The molecule has 0 spiro atoms. The van der Waals surface area contributed by atoms with Crippen molar-refractivity contribution < 1.29 is 23.0 Å². The van der Waals surface area contributed by atoms with E-state index in [1.165, 1.54) is 25.1 Å². The lowest BCUT2D eigenvalue weighted by molar-refractivity contribution is -0.268. The molecule has 5 heteroatoms. The van der Waals surface area contributed by atoms with Gasteiger partial charge >= 0.3 is 6.18 Å². The largest absolute Gasteiger partial charge is 0.493 e. The third-order valence-corrected chi connectivity index (χ3v) is 3.21. The molecule has 2 nitrogen and oxygen atoms in total. The van der Waals surface area contributed by atoms with Crippen molar-refractivity contribution in [3.63, 3.8) is 0 Å². The molecule has 0 aromatic heterocycles. The smallest absolute Gasteiger partial charge is 0.421 e. The number of aliphatic hydroxyl groups is 1. The second-order valence-corrected chi connectivity index (χ2v) is 5.39. The van der Waals surface area contributed by atoms with Gasteiger partial charge in [-0.1, -0.05) is 26.8 Å². The summed E-state index contributed by atoms with van der Waals surface area (Å²) in [7, 11) is 0. The van der Waals surface area contributed by atoms with Crippen LogP contribution in [0.15, 0.2) is 18.2 Å². The van der Waals surface area contributed by atoms with Crippen molar-refractivity contribution in [3.8, 4) is 5.75 Å². The van der Waals surface area contributed by atoms with Crippen molar-refractivity contribution in [1.29, 1.82) is 0 Å². The lowest BCUT2D eigenvalue weighted by Gasteiger charge is -2.31. The van der Waals surface area contributed by atoms with Gasteiger partial charge in [0.1, 0.15) is 5.75 Å². The highest BCUT2D eigenvalue weighted by Crippen LogP contribution is 2.43. The fraction of sp³-hybridized carbons (Fsp3) is 0.600.